The van der Waals surface area contributed by atoms with Crippen molar-refractivity contribution in [3.05, 3.63) is 70.8 Å². The first-order valence-electron chi connectivity index (χ1n) is 12.4. The average Bonchev–Trinajstić information content (AvgIpc) is 2.83. The molecule has 1 heterocycles. The number of hydrogen-bond acceptors (Lipinski definition) is 2. The highest BCUT2D eigenvalue weighted by Crippen LogP contribution is 2.54. The molecule has 2 fully saturated rings. The number of nitrogens with one attached hydrogen (secondary N) is 1. The lowest BCUT2D eigenvalue weighted by atomic mass is 9.53. The van der Waals surface area contributed by atoms with Crippen molar-refractivity contribution < 1.29 is 18.0 Å². The van der Waals surface area contributed by atoms with Crippen molar-refractivity contribution in [3.63, 3.8) is 0 Å². The number of alkyl halides is 3. The summed E-state index contributed by atoms with van der Waals surface area (Å²) in [6, 6.07) is 12.0. The Balaban J connectivity index is 1.43. The Labute approximate surface area is 199 Å². The summed E-state index contributed by atoms with van der Waals surface area (Å²) in [7, 11) is 0. The van der Waals surface area contributed by atoms with Gasteiger partial charge in [0.25, 0.3) is 5.91 Å². The number of hydrogen-bond donors (Lipinski definition) is 1. The van der Waals surface area contributed by atoms with Crippen LogP contribution in [0.2, 0.25) is 0 Å². The molecule has 2 bridgehead atoms. The van der Waals surface area contributed by atoms with Crippen LogP contribution in [0.5, 0.6) is 0 Å². The van der Waals surface area contributed by atoms with Crippen molar-refractivity contribution in [2.75, 3.05) is 18.0 Å². The van der Waals surface area contributed by atoms with Gasteiger partial charge in [0.1, 0.15) is 0 Å². The topological polar surface area (TPSA) is 32.3 Å². The predicted octanol–water partition coefficient (Wildman–Crippen LogP) is 6.12. The largest absolute Gasteiger partial charge is 0.416 e. The molecule has 0 radical (unpaired) electrons. The van der Waals surface area contributed by atoms with Crippen molar-refractivity contribution in [1.82, 2.24) is 5.32 Å². The number of carbonyl (C=O) groups excluding carboxylic acids is 1. The Morgan fingerprint density at radius 2 is 2.03 bits per heavy atom. The molecule has 3 atom stereocenters. The highest BCUT2D eigenvalue weighted by molar-refractivity contribution is 6.03. The Hall–Kier alpha value is -2.60. The molecule has 180 valence electrons. The van der Waals surface area contributed by atoms with Gasteiger partial charge in [0.15, 0.2) is 0 Å². The van der Waals surface area contributed by atoms with E-state index in [9.17, 15) is 18.0 Å². The SMILES string of the molecule is CCN(C(=O)C=Cc1cccc(C(F)(F)F)c1)c1ccc2c(c1)[C@@]13CCCC[C@H]1[C@@H](C2)NCC3. The summed E-state index contributed by atoms with van der Waals surface area (Å²) in [5.74, 6) is 0.431. The molecule has 1 amide bonds. The van der Waals surface area contributed by atoms with Gasteiger partial charge in [-0.3, -0.25) is 4.79 Å². The molecule has 0 aromatic heterocycles. The minimum atomic E-state index is -4.41. The van der Waals surface area contributed by atoms with Crippen LogP contribution in [-0.2, 0) is 22.8 Å². The van der Waals surface area contributed by atoms with Crippen LogP contribution < -0.4 is 10.2 Å². The number of benzene rings is 2. The van der Waals surface area contributed by atoms with Crippen LogP contribution in [0.4, 0.5) is 18.9 Å². The second-order valence-corrected chi connectivity index (χ2v) is 9.90. The number of anilines is 1. The summed E-state index contributed by atoms with van der Waals surface area (Å²) in [4.78, 5) is 14.8. The number of likely N-dealkylation sites (N-methyl/N-ethyl adjacent to an activating group) is 1. The number of nitrogens with zero attached hydrogens (tertiary/aromatic N) is 1. The number of fused-ring (bicyclic) bond motifs is 1. The molecule has 1 aliphatic heterocycles. The van der Waals surface area contributed by atoms with E-state index in [2.05, 4.69) is 17.4 Å². The molecule has 1 N–H and O–H groups in total. The van der Waals surface area contributed by atoms with Gasteiger partial charge in [0, 0.05) is 29.8 Å². The maximum atomic E-state index is 13.1. The summed E-state index contributed by atoms with van der Waals surface area (Å²) in [6.45, 7) is 3.46. The van der Waals surface area contributed by atoms with Gasteiger partial charge in [-0.2, -0.15) is 13.2 Å². The number of piperidine rings is 1. The molecule has 5 rings (SSSR count). The summed E-state index contributed by atoms with van der Waals surface area (Å²) in [5.41, 5.74) is 3.52. The highest BCUT2D eigenvalue weighted by atomic mass is 19.4. The molecule has 2 aliphatic carbocycles. The molecule has 0 unspecified atom stereocenters. The molecular weight excluding hydrogens is 437 g/mol. The molecular formula is C28H31F3N2O. The zero-order chi connectivity index (χ0) is 23.9. The summed E-state index contributed by atoms with van der Waals surface area (Å²) >= 11 is 0. The van der Waals surface area contributed by atoms with Crippen LogP contribution in [0.3, 0.4) is 0 Å². The van der Waals surface area contributed by atoms with E-state index in [1.165, 1.54) is 55.0 Å². The fourth-order valence-corrected chi connectivity index (χ4v) is 6.62. The fourth-order valence-electron chi connectivity index (χ4n) is 6.62. The quantitative estimate of drug-likeness (QED) is 0.549. The lowest BCUT2D eigenvalue weighted by molar-refractivity contribution is -0.137. The molecule has 6 heteroatoms. The first kappa shape index (κ1) is 23.2. The third-order valence-corrected chi connectivity index (χ3v) is 8.16. The van der Waals surface area contributed by atoms with Gasteiger partial charge in [0.05, 0.1) is 5.56 Å². The molecule has 3 aliphatic rings. The molecule has 3 nitrogen and oxygen atoms in total. The zero-order valence-electron chi connectivity index (χ0n) is 19.5. The standard InChI is InChI=1S/C28H31F3N2O/c1-2-33(26(34)12-9-19-6-5-7-21(16-19)28(29,30)31)22-11-10-20-17-25-23-8-3-4-13-27(23,14-15-32-25)24(20)18-22/h5-7,9-12,16,18,23,25,32H,2-4,8,13-15,17H2,1H3/t23-,25+,27+/m0/s1. The van der Waals surface area contributed by atoms with Crippen molar-refractivity contribution in [2.45, 2.75) is 63.1 Å². The maximum Gasteiger partial charge on any atom is 0.416 e. The van der Waals surface area contributed by atoms with E-state index in [1.54, 1.807) is 11.0 Å². The minimum Gasteiger partial charge on any atom is -0.313 e. The predicted molar refractivity (Wildman–Crippen MR) is 129 cm³/mol. The Morgan fingerprint density at radius 1 is 1.18 bits per heavy atom. The van der Waals surface area contributed by atoms with Gasteiger partial charge < -0.3 is 10.2 Å². The van der Waals surface area contributed by atoms with Crippen molar-refractivity contribution in [2.24, 2.45) is 5.92 Å². The Morgan fingerprint density at radius 3 is 2.82 bits per heavy atom. The van der Waals surface area contributed by atoms with E-state index in [1.807, 2.05) is 13.0 Å². The lowest BCUT2D eigenvalue weighted by Gasteiger charge is -2.56. The minimum absolute atomic E-state index is 0.202. The molecule has 1 saturated carbocycles. The van der Waals surface area contributed by atoms with Crippen LogP contribution >= 0.6 is 0 Å². The number of amides is 1. The monoisotopic (exact) mass is 468 g/mol. The van der Waals surface area contributed by atoms with E-state index in [0.29, 0.717) is 24.1 Å². The van der Waals surface area contributed by atoms with Crippen LogP contribution in [-0.4, -0.2) is 25.0 Å². The first-order chi connectivity index (χ1) is 16.3. The van der Waals surface area contributed by atoms with Gasteiger partial charge >= 0.3 is 6.18 Å². The Kier molecular flexibility index (Phi) is 6.05. The second kappa shape index (κ2) is 8.88. The summed E-state index contributed by atoms with van der Waals surface area (Å²) in [6.07, 6.45) is 5.63. The number of halogens is 3. The number of carbonyl (C=O) groups is 1. The zero-order valence-corrected chi connectivity index (χ0v) is 19.5. The van der Waals surface area contributed by atoms with Gasteiger partial charge in [-0.1, -0.05) is 31.0 Å². The summed E-state index contributed by atoms with van der Waals surface area (Å²) in [5, 5.41) is 3.75. The van der Waals surface area contributed by atoms with E-state index >= 15 is 0 Å². The van der Waals surface area contributed by atoms with Crippen molar-refractivity contribution in [1.29, 1.82) is 0 Å². The second-order valence-electron chi connectivity index (χ2n) is 9.90. The average molecular weight is 469 g/mol. The maximum absolute atomic E-state index is 13.1. The summed E-state index contributed by atoms with van der Waals surface area (Å²) < 4.78 is 39.0. The van der Waals surface area contributed by atoms with Crippen LogP contribution in [0.1, 0.15) is 61.3 Å². The van der Waals surface area contributed by atoms with E-state index in [-0.39, 0.29) is 11.3 Å². The molecule has 34 heavy (non-hydrogen) atoms. The van der Waals surface area contributed by atoms with Crippen molar-refractivity contribution >= 4 is 17.7 Å². The highest BCUT2D eigenvalue weighted by Gasteiger charge is 2.51. The van der Waals surface area contributed by atoms with Gasteiger partial charge in [-0.25, -0.2) is 0 Å². The van der Waals surface area contributed by atoms with E-state index in [4.69, 9.17) is 0 Å². The van der Waals surface area contributed by atoms with Crippen LogP contribution in [0.25, 0.3) is 6.08 Å². The molecule has 1 saturated heterocycles. The van der Waals surface area contributed by atoms with Gasteiger partial charge in [-0.05, 0) is 92.1 Å². The molecule has 2 aromatic carbocycles. The molecule has 2 aromatic rings. The van der Waals surface area contributed by atoms with Crippen LogP contribution in [0.15, 0.2) is 48.5 Å². The lowest BCUT2D eigenvalue weighted by Crippen LogP contribution is -2.59. The first-order valence-corrected chi connectivity index (χ1v) is 12.4. The Bertz CT molecular complexity index is 1110. The van der Waals surface area contributed by atoms with Gasteiger partial charge in [0.2, 0.25) is 0 Å². The normalized spacial score (nSPS) is 26.1. The number of rotatable bonds is 4. The third kappa shape index (κ3) is 4.06. The van der Waals surface area contributed by atoms with Gasteiger partial charge in [-0.15, -0.1) is 0 Å². The van der Waals surface area contributed by atoms with E-state index < -0.39 is 11.7 Å². The third-order valence-electron chi connectivity index (χ3n) is 8.16. The molecule has 0 spiro atoms. The smallest absolute Gasteiger partial charge is 0.313 e. The van der Waals surface area contributed by atoms with E-state index in [0.717, 1.165) is 37.2 Å². The fraction of sp³-hybridized carbons (Fsp3) is 0.464. The van der Waals surface area contributed by atoms with Crippen LogP contribution in [0, 0.1) is 5.92 Å². The van der Waals surface area contributed by atoms with Crippen molar-refractivity contribution in [3.8, 4) is 0 Å².